The number of esters is 1. The Bertz CT molecular complexity index is 261. The van der Waals surface area contributed by atoms with Crippen molar-refractivity contribution >= 4 is 12.1 Å². The Kier molecular flexibility index (Phi) is 5.80. The van der Waals surface area contributed by atoms with Gasteiger partial charge in [0.1, 0.15) is 12.6 Å². The molecule has 1 aliphatic carbocycles. The van der Waals surface area contributed by atoms with E-state index in [0.717, 1.165) is 32.1 Å². The molecule has 5 heteroatoms. The second kappa shape index (κ2) is 7.14. The summed E-state index contributed by atoms with van der Waals surface area (Å²) < 4.78 is 9.91. The Balaban J connectivity index is 2.43. The fourth-order valence-corrected chi connectivity index (χ4v) is 1.95. The molecular weight excluding hydrogens is 222 g/mol. The van der Waals surface area contributed by atoms with E-state index in [1.807, 2.05) is 6.92 Å². The van der Waals surface area contributed by atoms with Crippen molar-refractivity contribution < 1.29 is 19.1 Å². The molecule has 0 radical (unpaired) electrons. The molecule has 17 heavy (non-hydrogen) atoms. The summed E-state index contributed by atoms with van der Waals surface area (Å²) >= 11 is 0. The monoisotopic (exact) mass is 243 g/mol. The SMILES string of the molecule is CCCN(CC(=O)OC)C(=O)OC1CCCC1. The summed E-state index contributed by atoms with van der Waals surface area (Å²) in [5.74, 6) is -0.415. The molecule has 0 aromatic rings. The van der Waals surface area contributed by atoms with Crippen LogP contribution in [-0.4, -0.2) is 43.3 Å². The van der Waals surface area contributed by atoms with Gasteiger partial charge in [0.2, 0.25) is 0 Å². The lowest BCUT2D eigenvalue weighted by Gasteiger charge is -2.22. The van der Waals surface area contributed by atoms with Gasteiger partial charge >= 0.3 is 12.1 Å². The molecule has 1 aliphatic rings. The quantitative estimate of drug-likeness (QED) is 0.692. The van der Waals surface area contributed by atoms with Gasteiger partial charge in [0.05, 0.1) is 7.11 Å². The zero-order chi connectivity index (χ0) is 12.7. The van der Waals surface area contributed by atoms with Gasteiger partial charge in [-0.3, -0.25) is 9.69 Å². The molecule has 1 amide bonds. The van der Waals surface area contributed by atoms with Crippen molar-refractivity contribution in [2.24, 2.45) is 0 Å². The average Bonchev–Trinajstić information content (AvgIpc) is 2.81. The van der Waals surface area contributed by atoms with Crippen LogP contribution in [0, 0.1) is 0 Å². The zero-order valence-corrected chi connectivity index (χ0v) is 10.6. The fraction of sp³-hybridized carbons (Fsp3) is 0.833. The lowest BCUT2D eigenvalue weighted by molar-refractivity contribution is -0.141. The van der Waals surface area contributed by atoms with Crippen LogP contribution in [0.3, 0.4) is 0 Å². The molecule has 5 nitrogen and oxygen atoms in total. The van der Waals surface area contributed by atoms with Crippen LogP contribution in [0.25, 0.3) is 0 Å². The number of nitrogens with zero attached hydrogens (tertiary/aromatic N) is 1. The Morgan fingerprint density at radius 2 is 1.94 bits per heavy atom. The highest BCUT2D eigenvalue weighted by Crippen LogP contribution is 2.21. The molecule has 1 rings (SSSR count). The van der Waals surface area contributed by atoms with Gasteiger partial charge in [0.15, 0.2) is 0 Å². The minimum absolute atomic E-state index is 0.0273. The topological polar surface area (TPSA) is 55.8 Å². The Hall–Kier alpha value is -1.26. The van der Waals surface area contributed by atoms with Crippen LogP contribution in [0.15, 0.2) is 0 Å². The summed E-state index contributed by atoms with van der Waals surface area (Å²) in [6, 6.07) is 0. The molecule has 0 N–H and O–H groups in total. The maximum atomic E-state index is 11.8. The van der Waals surface area contributed by atoms with E-state index in [2.05, 4.69) is 4.74 Å². The van der Waals surface area contributed by atoms with Crippen LogP contribution in [0.4, 0.5) is 4.79 Å². The van der Waals surface area contributed by atoms with Crippen LogP contribution in [0.5, 0.6) is 0 Å². The molecule has 0 unspecified atom stereocenters. The first-order valence-corrected chi connectivity index (χ1v) is 6.19. The molecule has 0 spiro atoms. The van der Waals surface area contributed by atoms with Gasteiger partial charge in [-0.05, 0) is 32.1 Å². The van der Waals surface area contributed by atoms with Crippen molar-refractivity contribution in [2.45, 2.75) is 45.1 Å². The lowest BCUT2D eigenvalue weighted by atomic mass is 10.3. The first-order chi connectivity index (χ1) is 8.17. The van der Waals surface area contributed by atoms with E-state index in [1.165, 1.54) is 12.0 Å². The lowest BCUT2D eigenvalue weighted by Crippen LogP contribution is -2.38. The van der Waals surface area contributed by atoms with E-state index < -0.39 is 12.1 Å². The van der Waals surface area contributed by atoms with Gasteiger partial charge in [-0.25, -0.2) is 4.79 Å². The van der Waals surface area contributed by atoms with Crippen molar-refractivity contribution in [1.29, 1.82) is 0 Å². The average molecular weight is 243 g/mol. The van der Waals surface area contributed by atoms with Crippen LogP contribution < -0.4 is 0 Å². The standard InChI is InChI=1S/C12H21NO4/c1-3-8-13(9-11(14)16-2)12(15)17-10-6-4-5-7-10/h10H,3-9H2,1-2H3. The Morgan fingerprint density at radius 3 is 2.47 bits per heavy atom. The third-order valence-electron chi connectivity index (χ3n) is 2.87. The van der Waals surface area contributed by atoms with Gasteiger partial charge in [0.25, 0.3) is 0 Å². The highest BCUT2D eigenvalue weighted by Gasteiger charge is 2.24. The van der Waals surface area contributed by atoms with E-state index in [4.69, 9.17) is 4.74 Å². The van der Waals surface area contributed by atoms with Crippen molar-refractivity contribution in [3.63, 3.8) is 0 Å². The molecule has 0 aliphatic heterocycles. The maximum Gasteiger partial charge on any atom is 0.410 e. The molecule has 0 aromatic carbocycles. The number of hydrogen-bond acceptors (Lipinski definition) is 4. The van der Waals surface area contributed by atoms with Crippen LogP contribution in [-0.2, 0) is 14.3 Å². The summed E-state index contributed by atoms with van der Waals surface area (Å²) in [6.07, 6.45) is 4.51. The van der Waals surface area contributed by atoms with E-state index >= 15 is 0 Å². The predicted molar refractivity (Wildman–Crippen MR) is 62.6 cm³/mol. The van der Waals surface area contributed by atoms with Gasteiger partial charge in [-0.2, -0.15) is 0 Å². The Morgan fingerprint density at radius 1 is 1.29 bits per heavy atom. The van der Waals surface area contributed by atoms with Crippen LogP contribution >= 0.6 is 0 Å². The number of methoxy groups -OCH3 is 1. The van der Waals surface area contributed by atoms with E-state index in [-0.39, 0.29) is 12.6 Å². The third kappa shape index (κ3) is 4.63. The summed E-state index contributed by atoms with van der Waals surface area (Å²) in [7, 11) is 1.31. The van der Waals surface area contributed by atoms with Gasteiger partial charge < -0.3 is 9.47 Å². The molecular formula is C12H21NO4. The molecule has 0 bridgehead atoms. The largest absolute Gasteiger partial charge is 0.468 e. The van der Waals surface area contributed by atoms with Crippen molar-refractivity contribution in [2.75, 3.05) is 20.2 Å². The maximum absolute atomic E-state index is 11.8. The molecule has 1 fully saturated rings. The normalized spacial score (nSPS) is 15.6. The number of carbonyl (C=O) groups is 2. The van der Waals surface area contributed by atoms with Gasteiger partial charge in [0, 0.05) is 6.54 Å². The van der Waals surface area contributed by atoms with Crippen molar-refractivity contribution in [3.8, 4) is 0 Å². The number of hydrogen-bond donors (Lipinski definition) is 0. The highest BCUT2D eigenvalue weighted by atomic mass is 16.6. The predicted octanol–water partition coefficient (Wildman–Crippen LogP) is 1.95. The number of amides is 1. The highest BCUT2D eigenvalue weighted by molar-refractivity contribution is 5.78. The number of ether oxygens (including phenoxy) is 2. The van der Waals surface area contributed by atoms with Crippen LogP contribution in [0.1, 0.15) is 39.0 Å². The number of rotatable bonds is 5. The third-order valence-corrected chi connectivity index (χ3v) is 2.87. The van der Waals surface area contributed by atoms with Crippen molar-refractivity contribution in [1.82, 2.24) is 4.90 Å². The smallest absolute Gasteiger partial charge is 0.410 e. The van der Waals surface area contributed by atoms with Gasteiger partial charge in [-0.1, -0.05) is 6.92 Å². The molecule has 98 valence electrons. The molecule has 0 heterocycles. The summed E-state index contributed by atoms with van der Waals surface area (Å²) in [5, 5.41) is 0. The molecule has 0 saturated heterocycles. The van der Waals surface area contributed by atoms with E-state index in [9.17, 15) is 9.59 Å². The van der Waals surface area contributed by atoms with E-state index in [0.29, 0.717) is 6.54 Å². The Labute approximate surface area is 102 Å². The second-order valence-corrected chi connectivity index (χ2v) is 4.29. The first-order valence-electron chi connectivity index (χ1n) is 6.19. The molecule has 0 atom stereocenters. The van der Waals surface area contributed by atoms with E-state index in [1.54, 1.807) is 0 Å². The van der Waals surface area contributed by atoms with Crippen molar-refractivity contribution in [3.05, 3.63) is 0 Å². The number of carbonyl (C=O) groups excluding carboxylic acids is 2. The minimum atomic E-state index is -0.415. The summed E-state index contributed by atoms with van der Waals surface area (Å²) in [6.45, 7) is 2.43. The van der Waals surface area contributed by atoms with Crippen LogP contribution in [0.2, 0.25) is 0 Å². The summed E-state index contributed by atoms with van der Waals surface area (Å²) in [5.41, 5.74) is 0. The summed E-state index contributed by atoms with van der Waals surface area (Å²) in [4.78, 5) is 24.4. The van der Waals surface area contributed by atoms with Gasteiger partial charge in [-0.15, -0.1) is 0 Å². The zero-order valence-electron chi connectivity index (χ0n) is 10.6. The second-order valence-electron chi connectivity index (χ2n) is 4.29. The first kappa shape index (κ1) is 13.8. The molecule has 0 aromatic heterocycles. The fourth-order valence-electron chi connectivity index (χ4n) is 1.95. The minimum Gasteiger partial charge on any atom is -0.468 e. The molecule has 1 saturated carbocycles.